The van der Waals surface area contributed by atoms with E-state index in [0.29, 0.717) is 0 Å². The molecule has 0 fully saturated rings. The zero-order valence-corrected chi connectivity index (χ0v) is 14.3. The number of carbonyl (C=O) groups is 2. The van der Waals surface area contributed by atoms with Crippen molar-refractivity contribution in [1.29, 1.82) is 0 Å². The molecule has 0 atom stereocenters. The molecule has 0 aliphatic rings. The number of nitrogens with one attached hydrogen (secondary N) is 1. The molecule has 25 heavy (non-hydrogen) atoms. The molecule has 0 saturated carbocycles. The summed E-state index contributed by atoms with van der Waals surface area (Å²) in [5, 5.41) is 6.34. The number of benzene rings is 1. The molecule has 1 aromatic carbocycles. The molecule has 0 spiro atoms. The van der Waals surface area contributed by atoms with Gasteiger partial charge in [0, 0.05) is 12.4 Å². The number of nitrogens with zero attached hydrogens (tertiary/aromatic N) is 3. The molecule has 2 aromatic rings. The van der Waals surface area contributed by atoms with E-state index in [4.69, 9.17) is 9.47 Å². The van der Waals surface area contributed by atoms with Crippen molar-refractivity contribution in [2.24, 2.45) is 4.99 Å². The van der Waals surface area contributed by atoms with Crippen LogP contribution < -0.4 is 5.32 Å². The fraction of sp³-hybridized carbons (Fsp3) is 0.294. The maximum absolute atomic E-state index is 11.9. The van der Waals surface area contributed by atoms with Gasteiger partial charge in [0.05, 0.1) is 0 Å². The highest BCUT2D eigenvalue weighted by Crippen LogP contribution is 2.07. The summed E-state index contributed by atoms with van der Waals surface area (Å²) in [6.45, 7) is 5.25. The molecule has 0 saturated heterocycles. The second-order valence-corrected chi connectivity index (χ2v) is 6.05. The van der Waals surface area contributed by atoms with Gasteiger partial charge in [0.2, 0.25) is 5.96 Å². The van der Waals surface area contributed by atoms with Crippen molar-refractivity contribution in [1.82, 2.24) is 15.1 Å². The van der Waals surface area contributed by atoms with Gasteiger partial charge in [0.1, 0.15) is 12.2 Å². The summed E-state index contributed by atoms with van der Waals surface area (Å²) in [7, 11) is 0. The molecule has 0 bridgehead atoms. The predicted octanol–water partition coefficient (Wildman–Crippen LogP) is 2.95. The summed E-state index contributed by atoms with van der Waals surface area (Å²) in [6, 6.07) is 10.8. The average molecular weight is 344 g/mol. The molecule has 0 aliphatic heterocycles. The first kappa shape index (κ1) is 18.2. The molecule has 2 amide bonds. The average Bonchev–Trinajstić information content (AvgIpc) is 3.06. The Morgan fingerprint density at radius 3 is 2.52 bits per heavy atom. The van der Waals surface area contributed by atoms with Gasteiger partial charge in [-0.2, -0.15) is 5.10 Å². The van der Waals surface area contributed by atoms with Gasteiger partial charge in [-0.3, -0.25) is 5.32 Å². The van der Waals surface area contributed by atoms with E-state index < -0.39 is 17.8 Å². The second-order valence-electron chi connectivity index (χ2n) is 6.05. The van der Waals surface area contributed by atoms with Crippen molar-refractivity contribution in [3.05, 3.63) is 54.4 Å². The fourth-order valence-electron chi connectivity index (χ4n) is 1.76. The van der Waals surface area contributed by atoms with Crippen LogP contribution in [0.4, 0.5) is 9.59 Å². The van der Waals surface area contributed by atoms with Gasteiger partial charge >= 0.3 is 12.2 Å². The number of aliphatic imine (C=N–C) groups is 1. The number of carbonyl (C=O) groups excluding carboxylic acids is 2. The number of alkyl carbamates (subject to hydrolysis) is 1. The van der Waals surface area contributed by atoms with Gasteiger partial charge in [-0.25, -0.2) is 14.3 Å². The topological polar surface area (TPSA) is 94.8 Å². The lowest BCUT2D eigenvalue weighted by Crippen LogP contribution is -2.40. The van der Waals surface area contributed by atoms with Crippen LogP contribution in [0.2, 0.25) is 0 Å². The van der Waals surface area contributed by atoms with Gasteiger partial charge in [-0.1, -0.05) is 30.3 Å². The fourth-order valence-corrected chi connectivity index (χ4v) is 1.76. The quantitative estimate of drug-likeness (QED) is 0.667. The van der Waals surface area contributed by atoms with Gasteiger partial charge < -0.3 is 9.47 Å². The molecule has 0 radical (unpaired) electrons. The highest BCUT2D eigenvalue weighted by Gasteiger charge is 2.19. The Bertz CT molecular complexity index is 734. The lowest BCUT2D eigenvalue weighted by Gasteiger charge is -2.19. The maximum atomic E-state index is 11.9. The van der Waals surface area contributed by atoms with Crippen molar-refractivity contribution >= 4 is 18.1 Å². The zero-order valence-electron chi connectivity index (χ0n) is 14.3. The van der Waals surface area contributed by atoms with Crippen LogP contribution in [0.15, 0.2) is 53.8 Å². The van der Waals surface area contributed by atoms with Crippen molar-refractivity contribution in [3.8, 4) is 0 Å². The van der Waals surface area contributed by atoms with E-state index in [9.17, 15) is 9.59 Å². The van der Waals surface area contributed by atoms with Crippen LogP contribution >= 0.6 is 0 Å². The SMILES string of the molecule is CC(C)(C)OC(=O)N/C(=N/C(=O)OCc1ccccc1)n1cccn1. The van der Waals surface area contributed by atoms with Crippen LogP contribution in [0.3, 0.4) is 0 Å². The Labute approximate surface area is 145 Å². The normalized spacial score (nSPS) is 11.7. The molecule has 132 valence electrons. The number of ether oxygens (including phenoxy) is 2. The third kappa shape index (κ3) is 6.46. The van der Waals surface area contributed by atoms with Crippen molar-refractivity contribution in [2.45, 2.75) is 33.0 Å². The lowest BCUT2D eigenvalue weighted by atomic mass is 10.2. The highest BCUT2D eigenvalue weighted by molar-refractivity contribution is 5.99. The number of amides is 2. The van der Waals surface area contributed by atoms with Crippen LogP contribution in [0.25, 0.3) is 0 Å². The van der Waals surface area contributed by atoms with E-state index in [2.05, 4.69) is 15.4 Å². The first-order valence-corrected chi connectivity index (χ1v) is 7.63. The Balaban J connectivity index is 2.05. The van der Waals surface area contributed by atoms with E-state index in [1.165, 1.54) is 17.1 Å². The minimum Gasteiger partial charge on any atom is -0.444 e. The molecule has 0 unspecified atom stereocenters. The number of hydrogen-bond acceptors (Lipinski definition) is 5. The van der Waals surface area contributed by atoms with Gasteiger partial charge in [-0.05, 0) is 32.4 Å². The minimum atomic E-state index is -0.856. The standard InChI is InChI=1S/C17H20N4O4/c1-17(2,3)25-16(23)20-14(21-11-7-10-18-21)19-15(22)24-12-13-8-5-4-6-9-13/h4-11H,12H2,1-3H3,(H,19,20,22,23). The summed E-state index contributed by atoms with van der Waals surface area (Å²) in [4.78, 5) is 27.6. The Morgan fingerprint density at radius 2 is 1.92 bits per heavy atom. The Kier molecular flexibility index (Phi) is 5.89. The Morgan fingerprint density at radius 1 is 1.20 bits per heavy atom. The molecule has 8 nitrogen and oxygen atoms in total. The molecule has 0 aliphatic carbocycles. The van der Waals surface area contributed by atoms with E-state index >= 15 is 0 Å². The highest BCUT2D eigenvalue weighted by atomic mass is 16.6. The van der Waals surface area contributed by atoms with E-state index in [0.717, 1.165) is 5.56 Å². The summed E-state index contributed by atoms with van der Waals surface area (Å²) in [6.07, 6.45) is 1.41. The first-order chi connectivity index (χ1) is 11.8. The van der Waals surface area contributed by atoms with Crippen molar-refractivity contribution in [2.75, 3.05) is 0 Å². The minimum absolute atomic E-state index is 0.0714. The molecular weight excluding hydrogens is 324 g/mol. The van der Waals surface area contributed by atoms with Crippen LogP contribution in [-0.2, 0) is 16.1 Å². The van der Waals surface area contributed by atoms with E-state index in [1.54, 1.807) is 26.8 Å². The van der Waals surface area contributed by atoms with Crippen LogP contribution in [-0.4, -0.2) is 33.5 Å². The monoisotopic (exact) mass is 344 g/mol. The number of aromatic nitrogens is 2. The van der Waals surface area contributed by atoms with Crippen LogP contribution in [0.5, 0.6) is 0 Å². The van der Waals surface area contributed by atoms with Gasteiger partial charge in [0.15, 0.2) is 0 Å². The number of rotatable bonds is 2. The molecule has 1 heterocycles. The maximum Gasteiger partial charge on any atom is 0.437 e. The van der Waals surface area contributed by atoms with Crippen molar-refractivity contribution < 1.29 is 19.1 Å². The second kappa shape index (κ2) is 8.09. The predicted molar refractivity (Wildman–Crippen MR) is 91.1 cm³/mol. The lowest BCUT2D eigenvalue weighted by molar-refractivity contribution is 0.0561. The van der Waals surface area contributed by atoms with Gasteiger partial charge in [-0.15, -0.1) is 4.99 Å². The third-order valence-electron chi connectivity index (χ3n) is 2.74. The molecule has 1 aromatic heterocycles. The summed E-state index contributed by atoms with van der Waals surface area (Å²) < 4.78 is 11.5. The molecule has 1 N–H and O–H groups in total. The largest absolute Gasteiger partial charge is 0.444 e. The third-order valence-corrected chi connectivity index (χ3v) is 2.74. The van der Waals surface area contributed by atoms with Crippen molar-refractivity contribution in [3.63, 3.8) is 0 Å². The molecule has 2 rings (SSSR count). The first-order valence-electron chi connectivity index (χ1n) is 7.63. The molecular formula is C17H20N4O4. The van der Waals surface area contributed by atoms with Crippen LogP contribution in [0.1, 0.15) is 26.3 Å². The summed E-state index contributed by atoms with van der Waals surface area (Å²) in [5.41, 5.74) is 0.138. The van der Waals surface area contributed by atoms with E-state index in [1.807, 2.05) is 30.3 Å². The summed E-state index contributed by atoms with van der Waals surface area (Å²) in [5.74, 6) is -0.114. The zero-order chi connectivity index (χ0) is 18.3. The molecule has 8 heteroatoms. The van der Waals surface area contributed by atoms with E-state index in [-0.39, 0.29) is 12.6 Å². The number of hydrogen-bond donors (Lipinski definition) is 1. The van der Waals surface area contributed by atoms with Crippen LogP contribution in [0, 0.1) is 0 Å². The summed E-state index contributed by atoms with van der Waals surface area (Å²) >= 11 is 0. The Hall–Kier alpha value is -3.16. The van der Waals surface area contributed by atoms with Gasteiger partial charge in [0.25, 0.3) is 0 Å². The smallest absolute Gasteiger partial charge is 0.437 e.